The largest absolute Gasteiger partial charge is 0.467 e. The van der Waals surface area contributed by atoms with Crippen LogP contribution in [0.1, 0.15) is 28.7 Å². The lowest BCUT2D eigenvalue weighted by atomic mass is 9.84. The molecule has 1 fully saturated rings. The van der Waals surface area contributed by atoms with E-state index in [1.165, 1.54) is 24.1 Å². The van der Waals surface area contributed by atoms with Crippen molar-refractivity contribution in [2.24, 2.45) is 0 Å². The van der Waals surface area contributed by atoms with Crippen LogP contribution in [0.25, 0.3) is 0 Å². The number of hydrogen-bond donors (Lipinski definition) is 0. The summed E-state index contributed by atoms with van der Waals surface area (Å²) in [5, 5.41) is 10.8. The van der Waals surface area contributed by atoms with Crippen LogP contribution in [-0.4, -0.2) is 46.8 Å². The fourth-order valence-electron chi connectivity index (χ4n) is 5.36. The van der Waals surface area contributed by atoms with Crippen molar-refractivity contribution in [3.8, 4) is 0 Å². The second kappa shape index (κ2) is 12.9. The molecule has 0 spiro atoms. The number of methoxy groups -OCH3 is 1. The van der Waals surface area contributed by atoms with E-state index in [9.17, 15) is 19.7 Å². The van der Waals surface area contributed by atoms with Gasteiger partial charge < -0.3 is 9.47 Å². The molecule has 0 aliphatic carbocycles. The number of thioether (sulfide) groups is 1. The van der Waals surface area contributed by atoms with Crippen LogP contribution in [0.5, 0.6) is 0 Å². The lowest BCUT2D eigenvalue weighted by Crippen LogP contribution is -2.41. The highest BCUT2D eigenvalue weighted by Gasteiger charge is 2.47. The number of non-ortho nitro benzene ring substituents is 1. The third-order valence-electron chi connectivity index (χ3n) is 7.36. The molecular weight excluding hydrogens is 552 g/mol. The number of amides is 1. The molecule has 4 aromatic carbocycles. The maximum absolute atomic E-state index is 13.3. The van der Waals surface area contributed by atoms with Crippen molar-refractivity contribution in [3.63, 3.8) is 0 Å². The molecule has 4 aromatic rings. The third kappa shape index (κ3) is 6.01. The number of hydrogen-bond acceptors (Lipinski definition) is 7. The van der Waals surface area contributed by atoms with Crippen molar-refractivity contribution < 1.29 is 24.0 Å². The van der Waals surface area contributed by atoms with Crippen molar-refractivity contribution in [3.05, 3.63) is 148 Å². The molecule has 8 nitrogen and oxygen atoms in total. The summed E-state index contributed by atoms with van der Waals surface area (Å²) in [7, 11) is 1.31. The first-order valence-electron chi connectivity index (χ1n) is 13.5. The topological polar surface area (TPSA) is 99.0 Å². The van der Waals surface area contributed by atoms with E-state index in [4.69, 9.17) is 9.47 Å². The molecule has 1 aliphatic heterocycles. The van der Waals surface area contributed by atoms with E-state index in [-0.39, 0.29) is 24.1 Å². The number of nitrogens with zero attached hydrogens (tertiary/aromatic N) is 2. The van der Waals surface area contributed by atoms with Gasteiger partial charge in [0.1, 0.15) is 12.6 Å². The molecule has 1 aliphatic rings. The Morgan fingerprint density at radius 1 is 0.857 bits per heavy atom. The summed E-state index contributed by atoms with van der Waals surface area (Å²) in [6.45, 7) is 0.193. The zero-order valence-corrected chi connectivity index (χ0v) is 23.8. The van der Waals surface area contributed by atoms with Gasteiger partial charge in [-0.15, -0.1) is 11.8 Å². The fraction of sp³-hybridized carbons (Fsp3) is 0.212. The molecule has 42 heavy (non-hydrogen) atoms. The van der Waals surface area contributed by atoms with Crippen LogP contribution < -0.4 is 0 Å². The third-order valence-corrected chi connectivity index (χ3v) is 9.10. The Balaban J connectivity index is 1.45. The Morgan fingerprint density at radius 2 is 1.36 bits per heavy atom. The summed E-state index contributed by atoms with van der Waals surface area (Å²) in [5.41, 5.74) is 3.81. The molecule has 2 atom stereocenters. The molecular formula is C33H30N2O6S. The highest BCUT2D eigenvalue weighted by Crippen LogP contribution is 2.52. The molecule has 1 saturated heterocycles. The zero-order chi connectivity index (χ0) is 29.5. The standard InChI is InChI=1S/C33H30N2O6S/c1-40-31(36)30-21-29(22-34(30)32(37)41-23-24-17-19-28(20-18-24)35(38)39)42-33(25-11-5-2-6-12-25,26-13-7-3-8-14-26)27-15-9-4-10-16-27/h2-20,29-30H,21-23H2,1H3. The predicted molar refractivity (Wildman–Crippen MR) is 161 cm³/mol. The first kappa shape index (κ1) is 28.9. The number of rotatable bonds is 9. The first-order chi connectivity index (χ1) is 20.4. The maximum Gasteiger partial charge on any atom is 0.410 e. The van der Waals surface area contributed by atoms with Gasteiger partial charge in [0.05, 0.1) is 16.8 Å². The molecule has 0 saturated carbocycles. The lowest BCUT2D eigenvalue weighted by molar-refractivity contribution is -0.384. The average molecular weight is 583 g/mol. The van der Waals surface area contributed by atoms with Crippen LogP contribution >= 0.6 is 11.8 Å². The molecule has 0 bridgehead atoms. The molecule has 214 valence electrons. The molecule has 1 heterocycles. The second-order valence-electron chi connectivity index (χ2n) is 9.92. The minimum Gasteiger partial charge on any atom is -0.467 e. The second-order valence-corrected chi connectivity index (χ2v) is 11.4. The molecule has 0 N–H and O–H groups in total. The van der Waals surface area contributed by atoms with Crippen molar-refractivity contribution in [1.29, 1.82) is 0 Å². The summed E-state index contributed by atoms with van der Waals surface area (Å²) in [5.74, 6) is -0.505. The van der Waals surface area contributed by atoms with E-state index >= 15 is 0 Å². The van der Waals surface area contributed by atoms with Gasteiger partial charge in [0.25, 0.3) is 5.69 Å². The Kier molecular flexibility index (Phi) is 8.88. The highest BCUT2D eigenvalue weighted by molar-refractivity contribution is 8.01. The SMILES string of the molecule is COC(=O)C1CC(SC(c2ccccc2)(c2ccccc2)c2ccccc2)CN1C(=O)OCc1ccc([N+](=O)[O-])cc1. The van der Waals surface area contributed by atoms with Gasteiger partial charge in [-0.3, -0.25) is 15.0 Å². The van der Waals surface area contributed by atoms with Gasteiger partial charge in [0.15, 0.2) is 0 Å². The van der Waals surface area contributed by atoms with Crippen LogP contribution in [0.15, 0.2) is 115 Å². The monoisotopic (exact) mass is 582 g/mol. The molecule has 9 heteroatoms. The van der Waals surface area contributed by atoms with Gasteiger partial charge >= 0.3 is 12.1 Å². The quantitative estimate of drug-likeness (QED) is 0.0952. The van der Waals surface area contributed by atoms with Gasteiger partial charge in [-0.2, -0.15) is 0 Å². The fourth-order valence-corrected chi connectivity index (χ4v) is 7.19. The summed E-state index contributed by atoms with van der Waals surface area (Å²) >= 11 is 1.71. The van der Waals surface area contributed by atoms with Gasteiger partial charge in [-0.25, -0.2) is 9.59 Å². The van der Waals surface area contributed by atoms with Crippen molar-refractivity contribution in [2.75, 3.05) is 13.7 Å². The lowest BCUT2D eigenvalue weighted by Gasteiger charge is -2.37. The summed E-state index contributed by atoms with van der Waals surface area (Å²) in [4.78, 5) is 38.1. The van der Waals surface area contributed by atoms with E-state index in [0.29, 0.717) is 12.0 Å². The van der Waals surface area contributed by atoms with E-state index in [1.807, 2.05) is 54.6 Å². The number of esters is 1. The summed E-state index contributed by atoms with van der Waals surface area (Å²) < 4.78 is 10.0. The number of benzene rings is 4. The number of carbonyl (C=O) groups is 2. The predicted octanol–water partition coefficient (Wildman–Crippen LogP) is 6.57. The Labute approximate surface area is 248 Å². The van der Waals surface area contributed by atoms with E-state index in [1.54, 1.807) is 23.9 Å². The maximum atomic E-state index is 13.3. The Morgan fingerprint density at radius 3 is 1.81 bits per heavy atom. The Bertz CT molecular complexity index is 1420. The summed E-state index contributed by atoms with van der Waals surface area (Å²) in [6, 6.07) is 35.7. The average Bonchev–Trinajstić information content (AvgIpc) is 3.47. The summed E-state index contributed by atoms with van der Waals surface area (Å²) in [6.07, 6.45) is -0.255. The van der Waals surface area contributed by atoms with Crippen LogP contribution in [0.2, 0.25) is 0 Å². The minimum absolute atomic E-state index is 0.0472. The molecule has 2 unspecified atom stereocenters. The first-order valence-corrected chi connectivity index (χ1v) is 14.4. The number of nitro groups is 1. The van der Waals surface area contributed by atoms with E-state index in [2.05, 4.69) is 36.4 Å². The molecule has 0 aromatic heterocycles. The normalized spacial score (nSPS) is 16.5. The molecule has 1 amide bonds. The zero-order valence-electron chi connectivity index (χ0n) is 23.0. The smallest absolute Gasteiger partial charge is 0.410 e. The Hall–Kier alpha value is -4.63. The van der Waals surface area contributed by atoms with Crippen LogP contribution in [-0.2, 0) is 25.6 Å². The number of likely N-dealkylation sites (tertiary alicyclic amines) is 1. The van der Waals surface area contributed by atoms with Crippen molar-refractivity contribution in [1.82, 2.24) is 4.90 Å². The highest BCUT2D eigenvalue weighted by atomic mass is 32.2. The van der Waals surface area contributed by atoms with Crippen LogP contribution in [0, 0.1) is 10.1 Å². The minimum atomic E-state index is -0.808. The molecule has 5 rings (SSSR count). The van der Waals surface area contributed by atoms with Gasteiger partial charge in [-0.1, -0.05) is 91.0 Å². The number of nitro benzene ring substituents is 1. The van der Waals surface area contributed by atoms with Crippen LogP contribution in [0.4, 0.5) is 10.5 Å². The van der Waals surface area contributed by atoms with E-state index in [0.717, 1.165) is 16.7 Å². The van der Waals surface area contributed by atoms with E-state index < -0.39 is 27.8 Å². The van der Waals surface area contributed by atoms with Crippen LogP contribution in [0.3, 0.4) is 0 Å². The number of carbonyl (C=O) groups excluding carboxylic acids is 2. The molecule has 0 radical (unpaired) electrons. The van der Waals surface area contributed by atoms with Crippen molar-refractivity contribution in [2.45, 2.75) is 29.1 Å². The van der Waals surface area contributed by atoms with Gasteiger partial charge in [0.2, 0.25) is 0 Å². The van der Waals surface area contributed by atoms with Gasteiger partial charge in [-0.05, 0) is 40.8 Å². The van der Waals surface area contributed by atoms with Gasteiger partial charge in [0, 0.05) is 23.9 Å². The number of ether oxygens (including phenoxy) is 2. The van der Waals surface area contributed by atoms with Crippen molar-refractivity contribution >= 4 is 29.5 Å².